The molecule has 0 radical (unpaired) electrons. The number of rotatable bonds is 9. The third-order valence-electron chi connectivity index (χ3n) is 4.85. The van der Waals surface area contributed by atoms with Gasteiger partial charge in [-0.05, 0) is 42.3 Å². The van der Waals surface area contributed by atoms with E-state index in [1.165, 1.54) is 48.5 Å². The molecule has 3 aromatic rings. The minimum atomic E-state index is -0.857. The molecule has 0 saturated carbocycles. The summed E-state index contributed by atoms with van der Waals surface area (Å²) >= 11 is 0. The molecule has 0 aliphatic rings. The molecule has 8 nitrogen and oxygen atoms in total. The van der Waals surface area contributed by atoms with Crippen LogP contribution in [0.1, 0.15) is 57.9 Å². The van der Waals surface area contributed by atoms with E-state index >= 15 is 0 Å². The highest BCUT2D eigenvalue weighted by atomic mass is 19.1. The molecule has 176 valence electrons. The molecule has 1 aromatic heterocycles. The third kappa shape index (κ3) is 6.18. The van der Waals surface area contributed by atoms with Gasteiger partial charge in [0.15, 0.2) is 11.6 Å². The number of carbonyl (C=O) groups is 3. The number of ether oxygens (including phenoxy) is 1. The van der Waals surface area contributed by atoms with Gasteiger partial charge in [-0.1, -0.05) is 24.3 Å². The number of esters is 1. The van der Waals surface area contributed by atoms with Crippen LogP contribution in [0.3, 0.4) is 0 Å². The Morgan fingerprint density at radius 2 is 1.53 bits per heavy atom. The molecule has 1 heterocycles. The molecule has 0 atom stereocenters. The number of H-pyrrole nitrogens is 1. The second kappa shape index (κ2) is 11.1. The first-order chi connectivity index (χ1) is 16.3. The van der Waals surface area contributed by atoms with E-state index in [0.717, 1.165) is 6.20 Å². The van der Waals surface area contributed by atoms with Crippen molar-refractivity contribution in [1.29, 1.82) is 0 Å². The highest BCUT2D eigenvalue weighted by Gasteiger charge is 2.21. The zero-order chi connectivity index (χ0) is 24.7. The van der Waals surface area contributed by atoms with Crippen molar-refractivity contribution in [3.8, 4) is 0 Å². The van der Waals surface area contributed by atoms with Crippen molar-refractivity contribution in [2.75, 3.05) is 6.61 Å². The number of halogens is 2. The van der Waals surface area contributed by atoms with E-state index in [2.05, 4.69) is 15.3 Å². The van der Waals surface area contributed by atoms with Gasteiger partial charge < -0.3 is 15.0 Å². The number of ketones is 1. The first kappa shape index (κ1) is 24.4. The molecule has 0 fully saturated rings. The Kier molecular flexibility index (Phi) is 7.96. The van der Waals surface area contributed by atoms with Gasteiger partial charge in [0.25, 0.3) is 11.5 Å². The van der Waals surface area contributed by atoms with Gasteiger partial charge in [-0.2, -0.15) is 0 Å². The Balaban J connectivity index is 1.80. The summed E-state index contributed by atoms with van der Waals surface area (Å²) in [4.78, 5) is 55.0. The average molecular weight is 469 g/mol. The summed E-state index contributed by atoms with van der Waals surface area (Å²) in [5.41, 5.74) is -0.229. The molecular weight excluding hydrogens is 448 g/mol. The average Bonchev–Trinajstić information content (AvgIpc) is 2.82. The van der Waals surface area contributed by atoms with Crippen LogP contribution >= 0.6 is 0 Å². The minimum Gasteiger partial charge on any atom is -0.466 e. The molecule has 10 heteroatoms. The summed E-state index contributed by atoms with van der Waals surface area (Å²) in [5, 5.41) is 2.66. The number of nitrogens with zero attached hydrogens (tertiary/aromatic N) is 1. The van der Waals surface area contributed by atoms with Gasteiger partial charge in [0.2, 0.25) is 0 Å². The van der Waals surface area contributed by atoms with Crippen molar-refractivity contribution in [2.24, 2.45) is 0 Å². The lowest BCUT2D eigenvalue weighted by molar-refractivity contribution is -0.143. The van der Waals surface area contributed by atoms with Gasteiger partial charge >= 0.3 is 5.97 Å². The summed E-state index contributed by atoms with van der Waals surface area (Å²) in [6.45, 7) is 1.82. The second-order valence-electron chi connectivity index (χ2n) is 7.21. The summed E-state index contributed by atoms with van der Waals surface area (Å²) in [7, 11) is 0. The van der Waals surface area contributed by atoms with Crippen LogP contribution < -0.4 is 10.9 Å². The zero-order valence-corrected chi connectivity index (χ0v) is 18.1. The standard InChI is InChI=1S/C24H21F2N3O5/c1-2-34-20(31)12-11-19(30)22-27-13-18(24(33)29-22)23(32)28-21(14-3-7-16(25)8-4-14)15-5-9-17(26)10-6-15/h3-10,13,21H,2,11-12H2,1H3,(H,28,32)(H,27,29,33). The Hall–Kier alpha value is -4.21. The van der Waals surface area contributed by atoms with E-state index in [0.29, 0.717) is 11.1 Å². The Morgan fingerprint density at radius 1 is 0.971 bits per heavy atom. The van der Waals surface area contributed by atoms with Crippen LogP contribution in [0.5, 0.6) is 0 Å². The normalized spacial score (nSPS) is 10.7. The Bertz CT molecular complexity index is 1200. The number of aromatic amines is 1. The van der Waals surface area contributed by atoms with E-state index < -0.39 is 40.9 Å². The van der Waals surface area contributed by atoms with E-state index in [4.69, 9.17) is 4.74 Å². The molecule has 1 amide bonds. The van der Waals surface area contributed by atoms with Crippen molar-refractivity contribution in [3.05, 3.63) is 99.2 Å². The second-order valence-corrected chi connectivity index (χ2v) is 7.21. The van der Waals surface area contributed by atoms with E-state index in [1.807, 2.05) is 0 Å². The molecule has 34 heavy (non-hydrogen) atoms. The van der Waals surface area contributed by atoms with Crippen molar-refractivity contribution < 1.29 is 27.9 Å². The fourth-order valence-electron chi connectivity index (χ4n) is 3.14. The Morgan fingerprint density at radius 3 is 2.03 bits per heavy atom. The zero-order valence-electron chi connectivity index (χ0n) is 18.1. The molecule has 0 bridgehead atoms. The van der Waals surface area contributed by atoms with Gasteiger partial charge in [0.1, 0.15) is 17.2 Å². The third-order valence-corrected chi connectivity index (χ3v) is 4.85. The quantitative estimate of drug-likeness (QED) is 0.367. The number of Topliss-reactive ketones (excluding diaryl/α,β-unsaturated/α-hetero) is 1. The lowest BCUT2D eigenvalue weighted by Gasteiger charge is -2.20. The first-order valence-electron chi connectivity index (χ1n) is 10.4. The van der Waals surface area contributed by atoms with Crippen molar-refractivity contribution >= 4 is 17.7 Å². The predicted octanol–water partition coefficient (Wildman–Crippen LogP) is 3.09. The Labute approximate surface area is 193 Å². The molecule has 0 aliphatic carbocycles. The van der Waals surface area contributed by atoms with Crippen molar-refractivity contribution in [3.63, 3.8) is 0 Å². The summed E-state index contributed by atoms with van der Waals surface area (Å²) in [5.74, 6) is -3.19. The van der Waals surface area contributed by atoms with Crippen LogP contribution in [0.2, 0.25) is 0 Å². The maximum atomic E-state index is 13.4. The van der Waals surface area contributed by atoms with E-state index in [1.54, 1.807) is 6.92 Å². The number of nitrogens with one attached hydrogen (secondary N) is 2. The monoisotopic (exact) mass is 469 g/mol. The molecule has 0 unspecified atom stereocenters. The minimum absolute atomic E-state index is 0.171. The van der Waals surface area contributed by atoms with Gasteiger partial charge in [-0.3, -0.25) is 19.2 Å². The van der Waals surface area contributed by atoms with Crippen LogP contribution in [0.4, 0.5) is 8.78 Å². The first-order valence-corrected chi connectivity index (χ1v) is 10.4. The maximum absolute atomic E-state index is 13.4. The highest BCUT2D eigenvalue weighted by molar-refractivity contribution is 5.96. The lowest BCUT2D eigenvalue weighted by atomic mass is 9.98. The summed E-state index contributed by atoms with van der Waals surface area (Å²) in [6.07, 6.45) is 0.568. The number of hydrogen-bond donors (Lipinski definition) is 2. The van der Waals surface area contributed by atoms with Crippen LogP contribution in [0, 0.1) is 11.6 Å². The predicted molar refractivity (Wildman–Crippen MR) is 117 cm³/mol. The maximum Gasteiger partial charge on any atom is 0.306 e. The van der Waals surface area contributed by atoms with E-state index in [-0.39, 0.29) is 30.8 Å². The van der Waals surface area contributed by atoms with Crippen LogP contribution in [-0.2, 0) is 9.53 Å². The van der Waals surface area contributed by atoms with Crippen LogP contribution in [-0.4, -0.2) is 34.2 Å². The molecule has 2 N–H and O–H groups in total. The number of carbonyl (C=O) groups excluding carboxylic acids is 3. The SMILES string of the molecule is CCOC(=O)CCC(=O)c1ncc(C(=O)NC(c2ccc(F)cc2)c2ccc(F)cc2)c(=O)[nH]1. The number of amides is 1. The fourth-order valence-corrected chi connectivity index (χ4v) is 3.14. The van der Waals surface area contributed by atoms with Crippen molar-refractivity contribution in [1.82, 2.24) is 15.3 Å². The number of benzene rings is 2. The fraction of sp³-hybridized carbons (Fsp3) is 0.208. The summed E-state index contributed by atoms with van der Waals surface area (Å²) in [6, 6.07) is 9.85. The molecule has 0 aliphatic heterocycles. The molecular formula is C24H21F2N3O5. The topological polar surface area (TPSA) is 118 Å². The van der Waals surface area contributed by atoms with Gasteiger partial charge in [-0.25, -0.2) is 13.8 Å². The summed E-state index contributed by atoms with van der Waals surface area (Å²) < 4.78 is 31.5. The van der Waals surface area contributed by atoms with Crippen LogP contribution in [0.15, 0.2) is 59.5 Å². The van der Waals surface area contributed by atoms with Crippen molar-refractivity contribution in [2.45, 2.75) is 25.8 Å². The molecule has 0 spiro atoms. The van der Waals surface area contributed by atoms with Crippen LogP contribution in [0.25, 0.3) is 0 Å². The molecule has 0 saturated heterocycles. The van der Waals surface area contributed by atoms with E-state index in [9.17, 15) is 28.0 Å². The number of hydrogen-bond acceptors (Lipinski definition) is 6. The van der Waals surface area contributed by atoms with Gasteiger partial charge in [0.05, 0.1) is 19.1 Å². The number of aromatic nitrogens is 2. The van der Waals surface area contributed by atoms with Gasteiger partial charge in [0, 0.05) is 12.6 Å². The smallest absolute Gasteiger partial charge is 0.306 e. The highest BCUT2D eigenvalue weighted by Crippen LogP contribution is 2.23. The molecule has 2 aromatic carbocycles. The lowest BCUT2D eigenvalue weighted by Crippen LogP contribution is -2.34. The van der Waals surface area contributed by atoms with Gasteiger partial charge in [-0.15, -0.1) is 0 Å². The molecule has 3 rings (SSSR count). The largest absolute Gasteiger partial charge is 0.466 e.